The first-order valence-corrected chi connectivity index (χ1v) is 22.4. The molecule has 0 saturated carbocycles. The number of carboxylic acids is 1. The maximum atomic E-state index is 14.5. The lowest BCUT2D eigenvalue weighted by molar-refractivity contribution is -0.145. The van der Waals surface area contributed by atoms with E-state index in [1.807, 2.05) is 25.1 Å². The maximum Gasteiger partial charge on any atom is 0.326 e. The van der Waals surface area contributed by atoms with Gasteiger partial charge in [0.2, 0.25) is 41.4 Å². The fourth-order valence-electron chi connectivity index (χ4n) is 8.62. The van der Waals surface area contributed by atoms with E-state index < -0.39 is 96.2 Å². The molecule has 3 heterocycles. The van der Waals surface area contributed by atoms with Crippen molar-refractivity contribution in [3.8, 4) is 5.75 Å². The molecule has 0 unspecified atom stereocenters. The van der Waals surface area contributed by atoms with Crippen LogP contribution in [0.25, 0.3) is 0 Å². The fourth-order valence-corrected chi connectivity index (χ4v) is 8.62. The molecule has 7 amide bonds. The SMILES string of the molecule is CC[C@H](C)[C@H](NC(=O)[C@@H]1CCCN1C(=O)CNC(=O)[C@@H]1CCCN1C(=O)[C@H](Cc1ccccc1)NC(=O)[C@@H]1CCCN1C(=O)[C@H](Cc1ccc(O)cc1)NC(=O)[C@@H](N)C(C)C)C(=O)O. The van der Waals surface area contributed by atoms with Crippen LogP contribution >= 0.6 is 0 Å². The second-order valence-corrected chi connectivity index (χ2v) is 17.5. The Bertz CT molecular complexity index is 2000. The normalized spacial score (nSPS) is 20.8. The van der Waals surface area contributed by atoms with Gasteiger partial charge in [-0.15, -0.1) is 0 Å². The lowest BCUT2D eigenvalue weighted by atomic mass is 9.99. The van der Waals surface area contributed by atoms with Crippen molar-refractivity contribution in [3.05, 3.63) is 65.7 Å². The maximum absolute atomic E-state index is 14.5. The lowest BCUT2D eigenvalue weighted by Crippen LogP contribution is -2.59. The van der Waals surface area contributed by atoms with Gasteiger partial charge in [0.05, 0.1) is 12.6 Å². The van der Waals surface area contributed by atoms with Crippen LogP contribution < -0.4 is 27.0 Å². The number of hydrogen-bond donors (Lipinski definition) is 7. The summed E-state index contributed by atoms with van der Waals surface area (Å²) in [4.78, 5) is 113. The molecule has 8 atom stereocenters. The highest BCUT2D eigenvalue weighted by Gasteiger charge is 2.43. The third-order valence-electron chi connectivity index (χ3n) is 12.7. The van der Waals surface area contributed by atoms with Crippen LogP contribution in [0.5, 0.6) is 5.75 Å². The van der Waals surface area contributed by atoms with Crippen molar-refractivity contribution >= 4 is 47.3 Å². The molecule has 18 heteroatoms. The van der Waals surface area contributed by atoms with Crippen molar-refractivity contribution in [2.45, 2.75) is 128 Å². The molecule has 5 rings (SSSR count). The first kappa shape index (κ1) is 49.0. The summed E-state index contributed by atoms with van der Waals surface area (Å²) in [5, 5.41) is 30.4. The van der Waals surface area contributed by atoms with Gasteiger partial charge in [-0.3, -0.25) is 33.6 Å². The Balaban J connectivity index is 1.27. The average Bonchev–Trinajstić information content (AvgIpc) is 4.09. The Morgan fingerprint density at radius 1 is 0.672 bits per heavy atom. The second-order valence-electron chi connectivity index (χ2n) is 17.5. The number of phenolic OH excluding ortho intramolecular Hbond substituents is 1. The molecule has 348 valence electrons. The van der Waals surface area contributed by atoms with Crippen LogP contribution in [0.15, 0.2) is 54.6 Å². The number of aliphatic carboxylic acids is 1. The van der Waals surface area contributed by atoms with Crippen LogP contribution in [0.4, 0.5) is 0 Å². The standard InChI is InChI=1S/C46H64N8O10/c1-5-28(4)39(46(63)64)51-42(59)35-15-9-21-52(35)37(56)26-48-40(57)34-14-10-22-53(34)44(61)32(24-29-12-7-6-8-13-29)49-41(58)36-16-11-23-54(36)45(62)33(50-43(60)38(47)27(2)3)25-30-17-19-31(55)20-18-30/h6-8,12-13,17-20,27-28,32-36,38-39,55H,5,9-11,14-16,21-26,47H2,1-4H3,(H,48,57)(H,49,58)(H,50,60)(H,51,59)(H,63,64)/t28-,32-,33-,34-,35-,36-,38-,39-/m0/s1. The molecule has 0 aliphatic carbocycles. The minimum atomic E-state index is -1.16. The van der Waals surface area contributed by atoms with Crippen molar-refractivity contribution < 1.29 is 48.6 Å². The predicted molar refractivity (Wildman–Crippen MR) is 235 cm³/mol. The van der Waals surface area contributed by atoms with E-state index in [1.165, 1.54) is 26.8 Å². The molecule has 0 radical (unpaired) electrons. The summed E-state index contributed by atoms with van der Waals surface area (Å²) >= 11 is 0. The van der Waals surface area contributed by atoms with Crippen molar-refractivity contribution in [1.82, 2.24) is 36.0 Å². The van der Waals surface area contributed by atoms with E-state index in [1.54, 1.807) is 45.0 Å². The zero-order chi connectivity index (χ0) is 46.7. The number of hydrogen-bond acceptors (Lipinski definition) is 10. The topological polar surface area (TPSA) is 261 Å². The Hall–Kier alpha value is -6.04. The van der Waals surface area contributed by atoms with E-state index in [0.717, 1.165) is 5.56 Å². The van der Waals surface area contributed by atoms with E-state index in [0.29, 0.717) is 50.5 Å². The van der Waals surface area contributed by atoms with Gasteiger partial charge < -0.3 is 51.9 Å². The minimum Gasteiger partial charge on any atom is -0.508 e. The largest absolute Gasteiger partial charge is 0.508 e. The molecule has 8 N–H and O–H groups in total. The molecule has 3 saturated heterocycles. The first-order valence-electron chi connectivity index (χ1n) is 22.4. The lowest BCUT2D eigenvalue weighted by Gasteiger charge is -2.32. The highest BCUT2D eigenvalue weighted by Crippen LogP contribution is 2.24. The van der Waals surface area contributed by atoms with E-state index in [2.05, 4.69) is 21.3 Å². The number of nitrogens with two attached hydrogens (primary N) is 1. The number of likely N-dealkylation sites (tertiary alicyclic amines) is 3. The van der Waals surface area contributed by atoms with Gasteiger partial charge >= 0.3 is 5.97 Å². The van der Waals surface area contributed by atoms with E-state index in [9.17, 15) is 48.6 Å². The van der Waals surface area contributed by atoms with Crippen LogP contribution in [-0.2, 0) is 51.2 Å². The first-order chi connectivity index (χ1) is 30.5. The molecule has 2 aromatic rings. The highest BCUT2D eigenvalue weighted by atomic mass is 16.4. The van der Waals surface area contributed by atoms with Crippen LogP contribution in [0.3, 0.4) is 0 Å². The number of carbonyl (C=O) groups is 8. The van der Waals surface area contributed by atoms with Gasteiger partial charge in [0, 0.05) is 32.5 Å². The number of nitrogens with one attached hydrogen (secondary N) is 4. The van der Waals surface area contributed by atoms with Gasteiger partial charge in [-0.25, -0.2) is 4.79 Å². The van der Waals surface area contributed by atoms with Crippen LogP contribution in [0.2, 0.25) is 0 Å². The smallest absolute Gasteiger partial charge is 0.326 e. The summed E-state index contributed by atoms with van der Waals surface area (Å²) in [6.45, 7) is 7.38. The number of benzene rings is 2. The van der Waals surface area contributed by atoms with E-state index in [4.69, 9.17) is 5.73 Å². The molecular formula is C46H64N8O10. The third-order valence-corrected chi connectivity index (χ3v) is 12.7. The molecule has 0 spiro atoms. The van der Waals surface area contributed by atoms with Crippen molar-refractivity contribution in [3.63, 3.8) is 0 Å². The monoisotopic (exact) mass is 888 g/mol. The van der Waals surface area contributed by atoms with E-state index >= 15 is 0 Å². The Morgan fingerprint density at radius 3 is 1.69 bits per heavy atom. The van der Waals surface area contributed by atoms with Gasteiger partial charge in [-0.2, -0.15) is 0 Å². The molecule has 64 heavy (non-hydrogen) atoms. The van der Waals surface area contributed by atoms with Gasteiger partial charge in [-0.05, 0) is 73.6 Å². The minimum absolute atomic E-state index is 0.0368. The number of nitrogens with zero attached hydrogens (tertiary/aromatic N) is 3. The van der Waals surface area contributed by atoms with Crippen molar-refractivity contribution in [2.75, 3.05) is 26.2 Å². The Labute approximate surface area is 374 Å². The zero-order valence-electron chi connectivity index (χ0n) is 37.2. The average molecular weight is 889 g/mol. The molecule has 18 nitrogen and oxygen atoms in total. The van der Waals surface area contributed by atoms with Gasteiger partial charge in [0.25, 0.3) is 0 Å². The van der Waals surface area contributed by atoms with Gasteiger partial charge in [0.1, 0.15) is 42.0 Å². The highest BCUT2D eigenvalue weighted by molar-refractivity contribution is 5.97. The summed E-state index contributed by atoms with van der Waals surface area (Å²) in [6.07, 6.45) is 3.12. The van der Waals surface area contributed by atoms with Gasteiger partial charge in [0.15, 0.2) is 0 Å². The molecule has 0 aromatic heterocycles. The number of carbonyl (C=O) groups excluding carboxylic acids is 7. The zero-order valence-corrected chi connectivity index (χ0v) is 37.2. The molecule has 3 fully saturated rings. The number of amides is 7. The number of rotatable bonds is 19. The Morgan fingerprint density at radius 2 is 1.16 bits per heavy atom. The fraction of sp³-hybridized carbons (Fsp3) is 0.565. The Kier molecular flexibility index (Phi) is 17.3. The number of phenols is 1. The molecule has 3 aliphatic rings. The van der Waals surface area contributed by atoms with Crippen LogP contribution in [0.1, 0.15) is 83.8 Å². The summed E-state index contributed by atoms with van der Waals surface area (Å²) in [7, 11) is 0. The predicted octanol–water partition coefficient (Wildman–Crippen LogP) is 0.835. The van der Waals surface area contributed by atoms with E-state index in [-0.39, 0.29) is 50.1 Å². The summed E-state index contributed by atoms with van der Waals surface area (Å²) < 4.78 is 0. The van der Waals surface area contributed by atoms with Gasteiger partial charge in [-0.1, -0.05) is 76.6 Å². The van der Waals surface area contributed by atoms with Crippen molar-refractivity contribution in [2.24, 2.45) is 17.6 Å². The molecule has 3 aliphatic heterocycles. The number of carboxylic acid groups (broad SMARTS) is 1. The molecular weight excluding hydrogens is 825 g/mol. The summed E-state index contributed by atoms with van der Waals surface area (Å²) in [5.74, 6) is -5.43. The van der Waals surface area contributed by atoms with Crippen LogP contribution in [-0.4, -0.2) is 141 Å². The van der Waals surface area contributed by atoms with Crippen molar-refractivity contribution in [1.29, 1.82) is 0 Å². The third kappa shape index (κ3) is 12.4. The number of aromatic hydroxyl groups is 1. The summed E-state index contributed by atoms with van der Waals surface area (Å²) in [5.41, 5.74) is 7.54. The van der Waals surface area contributed by atoms with Crippen LogP contribution in [0, 0.1) is 11.8 Å². The molecule has 2 aromatic carbocycles. The second kappa shape index (κ2) is 22.5. The summed E-state index contributed by atoms with van der Waals surface area (Å²) in [6, 6.07) is 8.26. The quantitative estimate of drug-likeness (QED) is 0.104. The molecule has 0 bridgehead atoms.